The fraction of sp³-hybridized carbons (Fsp3) is 0.222. The van der Waals surface area contributed by atoms with Gasteiger partial charge in [-0.15, -0.1) is 0 Å². The fourth-order valence-corrected chi connectivity index (χ4v) is 3.19. The molecule has 0 aliphatic rings. The summed E-state index contributed by atoms with van der Waals surface area (Å²) in [5.41, 5.74) is 0.693. The van der Waals surface area contributed by atoms with Crippen LogP contribution < -0.4 is 10.0 Å². The summed E-state index contributed by atoms with van der Waals surface area (Å²) in [6, 6.07) is 10.6. The van der Waals surface area contributed by atoms with Crippen LogP contribution in [-0.2, 0) is 19.6 Å². The van der Waals surface area contributed by atoms with Gasteiger partial charge in [0, 0.05) is 18.7 Å². The largest absolute Gasteiger partial charge is 0.462 e. The van der Waals surface area contributed by atoms with Crippen LogP contribution in [0.4, 0.5) is 10.1 Å². The van der Waals surface area contributed by atoms with Gasteiger partial charge >= 0.3 is 5.97 Å². The van der Waals surface area contributed by atoms with Gasteiger partial charge in [0.15, 0.2) is 0 Å². The van der Waals surface area contributed by atoms with E-state index in [9.17, 15) is 22.4 Å². The fourth-order valence-electron chi connectivity index (χ4n) is 2.16. The quantitative estimate of drug-likeness (QED) is 0.669. The smallest absolute Gasteiger partial charge is 0.338 e. The van der Waals surface area contributed by atoms with Gasteiger partial charge in [-0.05, 0) is 49.4 Å². The third-order valence-electron chi connectivity index (χ3n) is 3.43. The van der Waals surface area contributed by atoms with Crippen molar-refractivity contribution in [2.75, 3.05) is 18.5 Å². The molecule has 27 heavy (non-hydrogen) atoms. The first-order chi connectivity index (χ1) is 12.8. The number of sulfonamides is 1. The predicted molar refractivity (Wildman–Crippen MR) is 97.2 cm³/mol. The molecule has 0 heterocycles. The summed E-state index contributed by atoms with van der Waals surface area (Å²) < 4.78 is 44.1. The van der Waals surface area contributed by atoms with Gasteiger partial charge in [0.2, 0.25) is 15.9 Å². The molecule has 2 aromatic rings. The molecule has 2 rings (SSSR count). The number of rotatable bonds is 8. The van der Waals surface area contributed by atoms with Crippen LogP contribution in [0.3, 0.4) is 0 Å². The van der Waals surface area contributed by atoms with Crippen molar-refractivity contribution in [2.24, 2.45) is 0 Å². The minimum atomic E-state index is -3.83. The maximum absolute atomic E-state index is 12.9. The zero-order valence-electron chi connectivity index (χ0n) is 14.6. The summed E-state index contributed by atoms with van der Waals surface area (Å²) in [6.45, 7) is 1.79. The predicted octanol–water partition coefficient (Wildman–Crippen LogP) is 2.31. The Labute approximate surface area is 156 Å². The first-order valence-corrected chi connectivity index (χ1v) is 9.62. The zero-order chi connectivity index (χ0) is 19.9. The lowest BCUT2D eigenvalue weighted by Gasteiger charge is -2.09. The molecule has 0 unspecified atom stereocenters. The van der Waals surface area contributed by atoms with E-state index >= 15 is 0 Å². The van der Waals surface area contributed by atoms with Gasteiger partial charge in [-0.3, -0.25) is 4.79 Å². The normalized spacial score (nSPS) is 11.0. The van der Waals surface area contributed by atoms with E-state index in [2.05, 4.69) is 10.0 Å². The number of anilines is 1. The Morgan fingerprint density at radius 2 is 1.81 bits per heavy atom. The van der Waals surface area contributed by atoms with Crippen molar-refractivity contribution in [3.05, 3.63) is 59.9 Å². The van der Waals surface area contributed by atoms with E-state index in [1.807, 2.05) is 0 Å². The molecule has 0 fully saturated rings. The van der Waals surface area contributed by atoms with Crippen molar-refractivity contribution in [3.63, 3.8) is 0 Å². The number of carbonyl (C=O) groups excluding carboxylic acids is 2. The molecule has 0 bridgehead atoms. The summed E-state index contributed by atoms with van der Waals surface area (Å²) >= 11 is 0. The molecule has 0 atom stereocenters. The second-order valence-corrected chi connectivity index (χ2v) is 7.22. The number of nitrogens with one attached hydrogen (secondary N) is 2. The van der Waals surface area contributed by atoms with E-state index in [0.717, 1.165) is 24.3 Å². The second-order valence-electron chi connectivity index (χ2n) is 5.45. The van der Waals surface area contributed by atoms with Crippen LogP contribution in [0.25, 0.3) is 0 Å². The Kier molecular flexibility index (Phi) is 7.03. The van der Waals surface area contributed by atoms with Crippen LogP contribution in [0.5, 0.6) is 0 Å². The molecule has 0 aromatic heterocycles. The van der Waals surface area contributed by atoms with E-state index in [0.29, 0.717) is 11.3 Å². The van der Waals surface area contributed by atoms with Gasteiger partial charge in [0.25, 0.3) is 0 Å². The standard InChI is InChI=1S/C18H19FN2O5S/c1-2-26-18(23)13-4-3-5-15(12-13)21-17(22)10-11-20-27(24,25)16-8-6-14(19)7-9-16/h3-9,12,20H,2,10-11H2,1H3,(H,21,22). The van der Waals surface area contributed by atoms with Gasteiger partial charge in [-0.1, -0.05) is 6.07 Å². The maximum atomic E-state index is 12.9. The number of hydrogen-bond acceptors (Lipinski definition) is 5. The Hall–Kier alpha value is -2.78. The lowest BCUT2D eigenvalue weighted by Crippen LogP contribution is -2.27. The number of esters is 1. The van der Waals surface area contributed by atoms with E-state index in [4.69, 9.17) is 4.74 Å². The highest BCUT2D eigenvalue weighted by molar-refractivity contribution is 7.89. The monoisotopic (exact) mass is 394 g/mol. The van der Waals surface area contributed by atoms with Crippen molar-refractivity contribution in [2.45, 2.75) is 18.2 Å². The molecule has 0 aliphatic carbocycles. The van der Waals surface area contributed by atoms with Crippen LogP contribution in [-0.4, -0.2) is 33.4 Å². The first kappa shape index (κ1) is 20.5. The molecule has 144 valence electrons. The Morgan fingerprint density at radius 1 is 1.11 bits per heavy atom. The molecular weight excluding hydrogens is 375 g/mol. The van der Waals surface area contributed by atoms with Gasteiger partial charge < -0.3 is 10.1 Å². The van der Waals surface area contributed by atoms with Crippen LogP contribution in [0.2, 0.25) is 0 Å². The van der Waals surface area contributed by atoms with Crippen LogP contribution in [0, 0.1) is 5.82 Å². The van der Waals surface area contributed by atoms with Crippen LogP contribution >= 0.6 is 0 Å². The molecule has 0 saturated heterocycles. The number of amides is 1. The minimum absolute atomic E-state index is 0.0913. The van der Waals surface area contributed by atoms with Crippen molar-refractivity contribution >= 4 is 27.6 Å². The summed E-state index contributed by atoms with van der Waals surface area (Å²) in [7, 11) is -3.83. The maximum Gasteiger partial charge on any atom is 0.338 e. The topological polar surface area (TPSA) is 102 Å². The minimum Gasteiger partial charge on any atom is -0.462 e. The molecule has 2 aromatic carbocycles. The Balaban J connectivity index is 1.88. The van der Waals surface area contributed by atoms with Gasteiger partial charge in [-0.2, -0.15) is 0 Å². The summed E-state index contributed by atoms with van der Waals surface area (Å²) in [5, 5.41) is 2.58. The number of hydrogen-bond donors (Lipinski definition) is 2. The summed E-state index contributed by atoms with van der Waals surface area (Å²) in [4.78, 5) is 23.6. The average Bonchev–Trinajstić information content (AvgIpc) is 2.62. The van der Waals surface area contributed by atoms with Crippen molar-refractivity contribution in [1.82, 2.24) is 4.72 Å². The molecule has 9 heteroatoms. The van der Waals surface area contributed by atoms with E-state index in [1.165, 1.54) is 6.07 Å². The third-order valence-corrected chi connectivity index (χ3v) is 4.90. The molecule has 2 N–H and O–H groups in total. The van der Waals surface area contributed by atoms with Crippen molar-refractivity contribution < 1.29 is 27.1 Å². The van der Waals surface area contributed by atoms with Gasteiger partial charge in [-0.25, -0.2) is 22.3 Å². The highest BCUT2D eigenvalue weighted by Gasteiger charge is 2.14. The SMILES string of the molecule is CCOC(=O)c1cccc(NC(=O)CCNS(=O)(=O)c2ccc(F)cc2)c1. The lowest BCUT2D eigenvalue weighted by atomic mass is 10.2. The third kappa shape index (κ3) is 6.15. The number of carbonyl (C=O) groups is 2. The van der Waals surface area contributed by atoms with E-state index in [1.54, 1.807) is 25.1 Å². The summed E-state index contributed by atoms with van der Waals surface area (Å²) in [6.07, 6.45) is -0.121. The lowest BCUT2D eigenvalue weighted by molar-refractivity contribution is -0.116. The van der Waals surface area contributed by atoms with Crippen molar-refractivity contribution in [3.8, 4) is 0 Å². The second kappa shape index (κ2) is 9.24. The molecule has 0 aliphatic heterocycles. The molecule has 7 nitrogen and oxygen atoms in total. The number of benzene rings is 2. The van der Waals surface area contributed by atoms with Crippen LogP contribution in [0.1, 0.15) is 23.7 Å². The summed E-state index contributed by atoms with van der Waals surface area (Å²) in [5.74, 6) is -1.48. The highest BCUT2D eigenvalue weighted by Crippen LogP contribution is 2.13. The highest BCUT2D eigenvalue weighted by atomic mass is 32.2. The van der Waals surface area contributed by atoms with E-state index < -0.39 is 27.7 Å². The van der Waals surface area contributed by atoms with E-state index in [-0.39, 0.29) is 24.5 Å². The van der Waals surface area contributed by atoms with Crippen molar-refractivity contribution in [1.29, 1.82) is 0 Å². The molecule has 0 spiro atoms. The number of halogens is 1. The van der Waals surface area contributed by atoms with Crippen LogP contribution in [0.15, 0.2) is 53.4 Å². The molecule has 1 amide bonds. The van der Waals surface area contributed by atoms with Gasteiger partial charge in [0.1, 0.15) is 5.82 Å². The number of ether oxygens (including phenoxy) is 1. The molecule has 0 saturated carbocycles. The Bertz CT molecular complexity index is 914. The molecular formula is C18H19FN2O5S. The Morgan fingerprint density at radius 3 is 2.48 bits per heavy atom. The first-order valence-electron chi connectivity index (χ1n) is 8.14. The zero-order valence-corrected chi connectivity index (χ0v) is 15.4. The van der Waals surface area contributed by atoms with Gasteiger partial charge in [0.05, 0.1) is 17.1 Å². The average molecular weight is 394 g/mol. The molecule has 0 radical (unpaired) electrons.